The van der Waals surface area contributed by atoms with Crippen LogP contribution in [0.1, 0.15) is 18.4 Å². The van der Waals surface area contributed by atoms with Gasteiger partial charge in [-0.25, -0.2) is 0 Å². The van der Waals surface area contributed by atoms with Crippen LogP contribution in [0.2, 0.25) is 0 Å². The minimum absolute atomic E-state index is 1.01. The molecule has 278 valence electrons. The van der Waals surface area contributed by atoms with Gasteiger partial charge in [0.25, 0.3) is 0 Å². The SMILES string of the molecule is c1cc(-c2ccccc2N(c2ccc(-c3ccc(-c4ccccc4)cc3)cc2)c2cc(C3=CC=CCC3)cc(-c3ccccc3)c2)cc(-c2cccc3ccccc23)c#1. The molecule has 0 heterocycles. The summed E-state index contributed by atoms with van der Waals surface area (Å²) < 4.78 is 0. The molecule has 0 spiro atoms. The fourth-order valence-corrected chi connectivity index (χ4v) is 8.38. The maximum absolute atomic E-state index is 3.45. The van der Waals surface area contributed by atoms with Gasteiger partial charge in [-0.2, -0.15) is 0 Å². The van der Waals surface area contributed by atoms with Crippen molar-refractivity contribution in [2.75, 3.05) is 4.90 Å². The second-order valence-electron chi connectivity index (χ2n) is 15.1. The third-order valence-electron chi connectivity index (χ3n) is 11.4. The first-order chi connectivity index (χ1) is 29.2. The Kier molecular flexibility index (Phi) is 9.73. The standard InChI is InChI=1S/C58H41N/c1-4-16-42(17-5-1)45-30-32-46(33-31-45)47-34-36-53(37-35-47)59(54-40-51(43-18-6-2-7-19-43)39-52(41-54)44-20-8-3-9-21-44)58-29-13-12-27-57(58)50-25-14-24-49(38-50)56-28-15-23-48-22-10-11-26-55(48)56/h1-8,10-13,15-20,22-23,25-41H,9,21H2. The minimum atomic E-state index is 1.01. The van der Waals surface area contributed by atoms with Gasteiger partial charge < -0.3 is 4.90 Å². The van der Waals surface area contributed by atoms with E-state index in [0.717, 1.165) is 52.2 Å². The zero-order valence-corrected chi connectivity index (χ0v) is 32.7. The predicted octanol–water partition coefficient (Wildman–Crippen LogP) is 16.0. The molecule has 1 heteroatoms. The molecule has 0 bridgehead atoms. The summed E-state index contributed by atoms with van der Waals surface area (Å²) in [7, 11) is 0. The topological polar surface area (TPSA) is 3.24 Å². The van der Waals surface area contributed by atoms with Crippen LogP contribution in [0.15, 0.2) is 224 Å². The molecule has 0 unspecified atom stereocenters. The average molecular weight is 752 g/mol. The van der Waals surface area contributed by atoms with Crippen LogP contribution < -0.4 is 4.90 Å². The van der Waals surface area contributed by atoms with Crippen molar-refractivity contribution in [2.24, 2.45) is 0 Å². The highest BCUT2D eigenvalue weighted by atomic mass is 15.1. The smallest absolute Gasteiger partial charge is 0.0540 e. The van der Waals surface area contributed by atoms with Gasteiger partial charge >= 0.3 is 0 Å². The van der Waals surface area contributed by atoms with E-state index >= 15 is 0 Å². The molecule has 59 heavy (non-hydrogen) atoms. The number of allylic oxidation sites excluding steroid dienone is 4. The molecule has 0 saturated heterocycles. The minimum Gasteiger partial charge on any atom is -0.310 e. The number of rotatable bonds is 9. The van der Waals surface area contributed by atoms with Crippen LogP contribution in [0.3, 0.4) is 0 Å². The lowest BCUT2D eigenvalue weighted by Crippen LogP contribution is -2.12. The van der Waals surface area contributed by atoms with Crippen molar-refractivity contribution in [3.8, 4) is 55.6 Å². The Morgan fingerprint density at radius 2 is 1.02 bits per heavy atom. The molecular weight excluding hydrogens is 711 g/mol. The second kappa shape index (κ2) is 16.1. The first-order valence-corrected chi connectivity index (χ1v) is 20.4. The van der Waals surface area contributed by atoms with Crippen LogP contribution >= 0.6 is 0 Å². The lowest BCUT2D eigenvalue weighted by molar-refractivity contribution is 1.05. The molecule has 0 aromatic heterocycles. The van der Waals surface area contributed by atoms with Crippen molar-refractivity contribution in [2.45, 2.75) is 12.8 Å². The van der Waals surface area contributed by atoms with Crippen LogP contribution in [-0.2, 0) is 0 Å². The van der Waals surface area contributed by atoms with E-state index in [1.165, 1.54) is 55.3 Å². The van der Waals surface area contributed by atoms with Gasteiger partial charge in [0, 0.05) is 22.5 Å². The molecule has 1 nitrogen and oxygen atoms in total. The molecular formula is C58H41N. The van der Waals surface area contributed by atoms with Gasteiger partial charge in [0.15, 0.2) is 0 Å². The van der Waals surface area contributed by atoms with E-state index in [9.17, 15) is 0 Å². The summed E-state index contributed by atoms with van der Waals surface area (Å²) in [6, 6.07) is 81.3. The number of hydrogen-bond donors (Lipinski definition) is 0. The lowest BCUT2D eigenvalue weighted by atomic mass is 9.92. The van der Waals surface area contributed by atoms with Gasteiger partial charge in [-0.05, 0) is 128 Å². The van der Waals surface area contributed by atoms with E-state index in [0.29, 0.717) is 0 Å². The maximum Gasteiger partial charge on any atom is 0.0540 e. The van der Waals surface area contributed by atoms with Crippen LogP contribution in [0.5, 0.6) is 0 Å². The van der Waals surface area contributed by atoms with E-state index in [1.807, 2.05) is 0 Å². The third kappa shape index (κ3) is 7.37. The van der Waals surface area contributed by atoms with Crippen molar-refractivity contribution in [3.63, 3.8) is 0 Å². The van der Waals surface area contributed by atoms with Crippen molar-refractivity contribution in [1.82, 2.24) is 0 Å². The zero-order chi connectivity index (χ0) is 39.4. The molecule has 9 aromatic carbocycles. The molecule has 0 radical (unpaired) electrons. The fraction of sp³-hybridized carbons (Fsp3) is 0.0345. The highest BCUT2D eigenvalue weighted by Crippen LogP contribution is 2.44. The highest BCUT2D eigenvalue weighted by Gasteiger charge is 2.20. The van der Waals surface area contributed by atoms with Gasteiger partial charge in [0.05, 0.1) is 5.69 Å². The number of nitrogens with zero attached hydrogens (tertiary/aromatic N) is 1. The Morgan fingerprint density at radius 3 is 1.75 bits per heavy atom. The molecule has 0 N–H and O–H groups in total. The van der Waals surface area contributed by atoms with Crippen LogP contribution in [0, 0.1) is 12.1 Å². The molecule has 0 aliphatic heterocycles. The Hall–Kier alpha value is -7.66. The van der Waals surface area contributed by atoms with Gasteiger partial charge in [-0.15, -0.1) is 0 Å². The van der Waals surface area contributed by atoms with E-state index in [-0.39, 0.29) is 0 Å². The molecule has 0 amide bonds. The van der Waals surface area contributed by atoms with Crippen molar-refractivity contribution < 1.29 is 0 Å². The molecule has 0 atom stereocenters. The van der Waals surface area contributed by atoms with Crippen LogP contribution in [0.4, 0.5) is 17.1 Å². The summed E-state index contributed by atoms with van der Waals surface area (Å²) in [5.74, 6) is 0. The van der Waals surface area contributed by atoms with Crippen LogP contribution in [-0.4, -0.2) is 0 Å². The largest absolute Gasteiger partial charge is 0.310 e. The lowest BCUT2D eigenvalue weighted by Gasteiger charge is -2.29. The zero-order valence-electron chi connectivity index (χ0n) is 32.7. The molecule has 9 aromatic rings. The number of benzene rings is 8. The quantitative estimate of drug-likeness (QED) is 0.142. The first kappa shape index (κ1) is 35.7. The Balaban J connectivity index is 1.13. The number of fused-ring (bicyclic) bond motifs is 1. The van der Waals surface area contributed by atoms with Gasteiger partial charge in [-0.1, -0.05) is 188 Å². The second-order valence-corrected chi connectivity index (χ2v) is 15.1. The van der Waals surface area contributed by atoms with Gasteiger partial charge in [0.2, 0.25) is 0 Å². The fourth-order valence-electron chi connectivity index (χ4n) is 8.38. The van der Waals surface area contributed by atoms with Gasteiger partial charge in [0.1, 0.15) is 0 Å². The summed E-state index contributed by atoms with van der Waals surface area (Å²) in [4.78, 5) is 2.43. The van der Waals surface area contributed by atoms with Crippen LogP contribution in [0.25, 0.3) is 72.0 Å². The van der Waals surface area contributed by atoms with Gasteiger partial charge in [-0.3, -0.25) is 0 Å². The average Bonchev–Trinajstić information content (AvgIpc) is 3.33. The Bertz CT molecular complexity index is 2950. The third-order valence-corrected chi connectivity index (χ3v) is 11.4. The summed E-state index contributed by atoms with van der Waals surface area (Å²) >= 11 is 0. The monoisotopic (exact) mass is 751 g/mol. The van der Waals surface area contributed by atoms with E-state index in [2.05, 4.69) is 242 Å². The maximum atomic E-state index is 3.45. The Morgan fingerprint density at radius 1 is 0.424 bits per heavy atom. The van der Waals surface area contributed by atoms with Crippen molar-refractivity contribution in [3.05, 3.63) is 242 Å². The predicted molar refractivity (Wildman–Crippen MR) is 250 cm³/mol. The number of hydrogen-bond acceptors (Lipinski definition) is 1. The van der Waals surface area contributed by atoms with Crippen molar-refractivity contribution >= 4 is 33.4 Å². The highest BCUT2D eigenvalue weighted by molar-refractivity contribution is 5.98. The number of anilines is 3. The Labute approximate surface area is 347 Å². The molecule has 1 aliphatic carbocycles. The van der Waals surface area contributed by atoms with E-state index in [4.69, 9.17) is 0 Å². The molecule has 0 saturated carbocycles. The molecule has 10 rings (SSSR count). The molecule has 0 fully saturated rings. The summed E-state index contributed by atoms with van der Waals surface area (Å²) in [6.45, 7) is 0. The summed E-state index contributed by atoms with van der Waals surface area (Å²) in [6.07, 6.45) is 8.78. The van der Waals surface area contributed by atoms with E-state index < -0.39 is 0 Å². The number of para-hydroxylation sites is 1. The summed E-state index contributed by atoms with van der Waals surface area (Å²) in [5.41, 5.74) is 17.4. The molecule has 1 aliphatic rings. The normalized spacial score (nSPS) is 12.2. The van der Waals surface area contributed by atoms with E-state index in [1.54, 1.807) is 0 Å². The first-order valence-electron chi connectivity index (χ1n) is 20.4. The summed E-state index contributed by atoms with van der Waals surface area (Å²) in [5, 5.41) is 2.42. The van der Waals surface area contributed by atoms with Crippen molar-refractivity contribution in [1.29, 1.82) is 0 Å².